The van der Waals surface area contributed by atoms with Crippen molar-refractivity contribution in [3.8, 4) is 6.07 Å². The van der Waals surface area contributed by atoms with Crippen molar-refractivity contribution in [2.45, 2.75) is 101 Å². The molecule has 0 radical (unpaired) electrons. The van der Waals surface area contributed by atoms with Gasteiger partial charge < -0.3 is 16.4 Å². The van der Waals surface area contributed by atoms with Crippen LogP contribution in [0.15, 0.2) is 0 Å². The van der Waals surface area contributed by atoms with E-state index in [4.69, 9.17) is 11.5 Å². The Morgan fingerprint density at radius 2 is 1.64 bits per heavy atom. The first-order chi connectivity index (χ1) is 15.7. The van der Waals surface area contributed by atoms with Gasteiger partial charge in [-0.1, -0.05) is 51.4 Å². The molecule has 0 aromatic rings. The monoisotopic (exact) mass is 459 g/mol. The molecule has 0 spiro atoms. The van der Waals surface area contributed by atoms with Crippen LogP contribution in [0.4, 0.5) is 0 Å². The van der Waals surface area contributed by atoms with Crippen molar-refractivity contribution < 1.29 is 14.4 Å². The average molecular weight is 460 g/mol. The molecule has 2 unspecified atom stereocenters. The molecule has 184 valence electrons. The van der Waals surface area contributed by atoms with Crippen LogP contribution in [0.1, 0.15) is 89.9 Å². The van der Waals surface area contributed by atoms with Gasteiger partial charge in [0.2, 0.25) is 17.7 Å². The zero-order valence-corrected chi connectivity index (χ0v) is 20.2. The summed E-state index contributed by atoms with van der Waals surface area (Å²) in [6, 6.07) is 2.90. The molecule has 33 heavy (non-hydrogen) atoms. The van der Waals surface area contributed by atoms with E-state index in [9.17, 15) is 19.6 Å². The number of likely N-dealkylation sites (tertiary alicyclic amines) is 1. The predicted octanol–water partition coefficient (Wildman–Crippen LogP) is 2.45. The van der Waals surface area contributed by atoms with Gasteiger partial charge in [-0.05, 0) is 31.6 Å². The quantitative estimate of drug-likeness (QED) is 0.546. The minimum Gasteiger partial charge on any atom is -0.370 e. The number of hydrogen-bond acceptors (Lipinski definition) is 5. The van der Waals surface area contributed by atoms with Crippen LogP contribution in [0.2, 0.25) is 0 Å². The second kappa shape index (κ2) is 10.9. The fourth-order valence-corrected chi connectivity index (χ4v) is 6.43. The number of rotatable bonds is 9. The second-order valence-corrected chi connectivity index (χ2v) is 10.8. The maximum atomic E-state index is 13.5. The van der Waals surface area contributed by atoms with E-state index < -0.39 is 22.8 Å². The number of primary amides is 2. The number of carbonyl (C=O) groups is 3. The summed E-state index contributed by atoms with van der Waals surface area (Å²) in [7, 11) is 1.66. The Hall–Kier alpha value is -2.14. The number of carbonyl (C=O) groups excluding carboxylic acids is 3. The number of likely N-dealkylation sites (N-methyl/N-ethyl adjacent to an activating group) is 1. The van der Waals surface area contributed by atoms with Crippen LogP contribution < -0.4 is 11.5 Å². The molecular weight excluding hydrogens is 418 g/mol. The highest BCUT2D eigenvalue weighted by molar-refractivity contribution is 5.92. The first-order valence-corrected chi connectivity index (χ1v) is 12.7. The third-order valence-electron chi connectivity index (χ3n) is 8.52. The number of nitriles is 1. The second-order valence-electron chi connectivity index (χ2n) is 10.8. The van der Waals surface area contributed by atoms with Gasteiger partial charge in [-0.15, -0.1) is 0 Å². The van der Waals surface area contributed by atoms with E-state index in [0.29, 0.717) is 25.4 Å². The summed E-state index contributed by atoms with van der Waals surface area (Å²) < 4.78 is 0. The van der Waals surface area contributed by atoms with Gasteiger partial charge in [-0.2, -0.15) is 5.26 Å². The maximum Gasteiger partial charge on any atom is 0.224 e. The molecule has 3 rings (SSSR count). The summed E-state index contributed by atoms with van der Waals surface area (Å²) in [4.78, 5) is 42.0. The standard InChI is InChI=1S/C25H41N5O3/c1-29(25(17-26)12-13-30(18-25)20-10-6-3-7-11-20)22(32)16-24(23(28)33,15-21(27)31)14-19-8-4-2-5-9-19/h19-20H,2-16,18H2,1H3,(H2,27,31)(H2,28,33). The normalized spacial score (nSPS) is 26.9. The fourth-order valence-electron chi connectivity index (χ4n) is 6.43. The molecule has 1 heterocycles. The number of hydrogen-bond donors (Lipinski definition) is 2. The van der Waals surface area contributed by atoms with Crippen LogP contribution in [-0.2, 0) is 14.4 Å². The molecule has 0 aromatic carbocycles. The maximum absolute atomic E-state index is 13.5. The van der Waals surface area contributed by atoms with Crippen molar-refractivity contribution in [3.63, 3.8) is 0 Å². The SMILES string of the molecule is CN(C(=O)CC(CC(N)=O)(CC1CCCCC1)C(N)=O)C1(C#N)CCN(C2CCCCC2)C1. The largest absolute Gasteiger partial charge is 0.370 e. The molecule has 1 aliphatic heterocycles. The number of nitrogens with two attached hydrogens (primary N) is 2. The Labute approximate surface area is 198 Å². The lowest BCUT2D eigenvalue weighted by molar-refractivity contribution is -0.144. The highest BCUT2D eigenvalue weighted by Crippen LogP contribution is 2.41. The summed E-state index contributed by atoms with van der Waals surface area (Å²) in [6.07, 6.45) is 11.8. The summed E-state index contributed by atoms with van der Waals surface area (Å²) in [6.45, 7) is 1.32. The van der Waals surface area contributed by atoms with Gasteiger partial charge in [0.1, 0.15) is 5.54 Å². The zero-order chi connectivity index (χ0) is 24.1. The molecular formula is C25H41N5O3. The Morgan fingerprint density at radius 3 is 2.18 bits per heavy atom. The molecule has 4 N–H and O–H groups in total. The minimum absolute atomic E-state index is 0.175. The van der Waals surface area contributed by atoms with Crippen LogP contribution in [-0.4, -0.2) is 59.2 Å². The van der Waals surface area contributed by atoms with Crippen LogP contribution in [0.25, 0.3) is 0 Å². The highest BCUT2D eigenvalue weighted by Gasteiger charge is 2.49. The minimum atomic E-state index is -1.29. The molecule has 1 saturated heterocycles. The van der Waals surface area contributed by atoms with Gasteiger partial charge in [-0.25, -0.2) is 0 Å². The lowest BCUT2D eigenvalue weighted by Gasteiger charge is -2.39. The van der Waals surface area contributed by atoms with E-state index in [1.807, 2.05) is 0 Å². The fraction of sp³-hybridized carbons (Fsp3) is 0.840. The third kappa shape index (κ3) is 5.87. The molecule has 2 aliphatic carbocycles. The third-order valence-corrected chi connectivity index (χ3v) is 8.52. The Kier molecular flexibility index (Phi) is 8.38. The van der Waals surface area contributed by atoms with Crippen molar-refractivity contribution in [2.24, 2.45) is 22.8 Å². The van der Waals surface area contributed by atoms with Crippen molar-refractivity contribution in [1.29, 1.82) is 5.26 Å². The van der Waals surface area contributed by atoms with Gasteiger partial charge in [0.05, 0.1) is 11.5 Å². The molecule has 8 heteroatoms. The molecule has 0 bridgehead atoms. The molecule has 2 atom stereocenters. The van der Waals surface area contributed by atoms with Gasteiger partial charge in [0, 0.05) is 39.0 Å². The lowest BCUT2D eigenvalue weighted by Crippen LogP contribution is -2.54. The highest BCUT2D eigenvalue weighted by atomic mass is 16.2. The Bertz CT molecular complexity index is 768. The first-order valence-electron chi connectivity index (χ1n) is 12.7. The molecule has 0 aromatic heterocycles. The van der Waals surface area contributed by atoms with Crippen LogP contribution >= 0.6 is 0 Å². The molecule has 2 saturated carbocycles. The molecule has 3 fully saturated rings. The Balaban J connectivity index is 1.76. The van der Waals surface area contributed by atoms with Gasteiger partial charge in [0.25, 0.3) is 0 Å². The zero-order valence-electron chi connectivity index (χ0n) is 20.2. The van der Waals surface area contributed by atoms with Crippen LogP contribution in [0.5, 0.6) is 0 Å². The van der Waals surface area contributed by atoms with Crippen molar-refractivity contribution in [2.75, 3.05) is 20.1 Å². The summed E-state index contributed by atoms with van der Waals surface area (Å²) >= 11 is 0. The molecule has 3 amide bonds. The van der Waals surface area contributed by atoms with Gasteiger partial charge in [0.15, 0.2) is 0 Å². The van der Waals surface area contributed by atoms with Crippen molar-refractivity contribution in [3.05, 3.63) is 0 Å². The lowest BCUT2D eigenvalue weighted by atomic mass is 9.69. The van der Waals surface area contributed by atoms with E-state index in [1.165, 1.54) is 30.6 Å². The van der Waals surface area contributed by atoms with E-state index in [-0.39, 0.29) is 24.7 Å². The average Bonchev–Trinajstić information content (AvgIpc) is 3.25. The molecule has 3 aliphatic rings. The summed E-state index contributed by atoms with van der Waals surface area (Å²) in [5, 5.41) is 10.1. The number of amides is 3. The van der Waals surface area contributed by atoms with E-state index in [0.717, 1.165) is 45.1 Å². The Morgan fingerprint density at radius 1 is 1.03 bits per heavy atom. The van der Waals surface area contributed by atoms with Gasteiger partial charge >= 0.3 is 0 Å². The summed E-state index contributed by atoms with van der Waals surface area (Å²) in [5.74, 6) is -1.32. The van der Waals surface area contributed by atoms with Crippen LogP contribution in [0, 0.1) is 22.7 Å². The van der Waals surface area contributed by atoms with Gasteiger partial charge in [-0.3, -0.25) is 19.3 Å². The van der Waals surface area contributed by atoms with E-state index in [2.05, 4.69) is 11.0 Å². The first kappa shape index (κ1) is 25.5. The van der Waals surface area contributed by atoms with E-state index >= 15 is 0 Å². The predicted molar refractivity (Wildman–Crippen MR) is 125 cm³/mol. The molecule has 8 nitrogen and oxygen atoms in total. The van der Waals surface area contributed by atoms with Crippen LogP contribution in [0.3, 0.4) is 0 Å². The topological polar surface area (TPSA) is 134 Å². The number of nitrogens with zero attached hydrogens (tertiary/aromatic N) is 3. The van der Waals surface area contributed by atoms with E-state index in [1.54, 1.807) is 7.05 Å². The van der Waals surface area contributed by atoms with Crippen molar-refractivity contribution in [1.82, 2.24) is 9.80 Å². The van der Waals surface area contributed by atoms with Crippen molar-refractivity contribution >= 4 is 17.7 Å². The summed E-state index contributed by atoms with van der Waals surface area (Å²) in [5.41, 5.74) is 9.14. The smallest absolute Gasteiger partial charge is 0.224 e.